The minimum Gasteiger partial charge on any atom is -0.378 e. The molecular weight excluding hydrogens is 366 g/mol. The summed E-state index contributed by atoms with van der Waals surface area (Å²) in [4.78, 5) is 11.0. The zero-order chi connectivity index (χ0) is 18.8. The van der Waals surface area contributed by atoms with E-state index in [2.05, 4.69) is 38.3 Å². The number of nitrogens with two attached hydrogens (primary N) is 1. The number of rotatable bonds is 3. The molecule has 0 aliphatic carbocycles. The molecule has 3 heterocycles. The highest BCUT2D eigenvalue weighted by atomic mass is 35.5. The molecule has 0 radical (unpaired) electrons. The molecule has 2 aromatic rings. The first-order valence-corrected chi connectivity index (χ1v) is 9.33. The van der Waals surface area contributed by atoms with Crippen LogP contribution in [0.15, 0.2) is 35.3 Å². The Morgan fingerprint density at radius 2 is 2.11 bits per heavy atom. The molecule has 4 rings (SSSR count). The maximum Gasteiger partial charge on any atom is 0.248 e. The summed E-state index contributed by atoms with van der Waals surface area (Å²) in [5.41, 5.74) is 7.80. The average molecular weight is 388 g/mol. The van der Waals surface area contributed by atoms with Gasteiger partial charge in [0, 0.05) is 25.3 Å². The Balaban J connectivity index is 1.51. The fourth-order valence-corrected chi connectivity index (χ4v) is 3.25. The molecule has 2 aliphatic heterocycles. The van der Waals surface area contributed by atoms with Gasteiger partial charge in [-0.15, -0.1) is 5.10 Å². The molecule has 2 aliphatic rings. The van der Waals surface area contributed by atoms with E-state index in [0.29, 0.717) is 29.3 Å². The van der Waals surface area contributed by atoms with Crippen LogP contribution in [-0.4, -0.2) is 53.4 Å². The maximum atomic E-state index is 6.46. The number of halogens is 1. The summed E-state index contributed by atoms with van der Waals surface area (Å²) < 4.78 is 6.92. The van der Waals surface area contributed by atoms with Crippen molar-refractivity contribution in [1.29, 1.82) is 0 Å². The van der Waals surface area contributed by atoms with Crippen LogP contribution in [0.3, 0.4) is 0 Å². The van der Waals surface area contributed by atoms with Gasteiger partial charge in [-0.05, 0) is 30.2 Å². The van der Waals surface area contributed by atoms with Crippen molar-refractivity contribution in [1.82, 2.24) is 14.8 Å². The molecule has 0 saturated carbocycles. The maximum absolute atomic E-state index is 6.46. The van der Waals surface area contributed by atoms with Crippen LogP contribution in [0.4, 0.5) is 23.3 Å². The number of benzene rings is 1. The molecule has 9 heteroatoms. The predicted octanol–water partition coefficient (Wildman–Crippen LogP) is 2.55. The molecule has 1 atom stereocenters. The lowest BCUT2D eigenvalue weighted by Crippen LogP contribution is -2.36. The van der Waals surface area contributed by atoms with Gasteiger partial charge in [0.15, 0.2) is 5.84 Å². The minimum atomic E-state index is 0.275. The highest BCUT2D eigenvalue weighted by Crippen LogP contribution is 2.29. The first kappa shape index (κ1) is 17.8. The molecule has 0 amide bonds. The van der Waals surface area contributed by atoms with Crippen molar-refractivity contribution in [2.75, 3.05) is 48.8 Å². The van der Waals surface area contributed by atoms with Gasteiger partial charge in [-0.3, -0.25) is 4.99 Å². The first-order chi connectivity index (χ1) is 13.1. The topological polar surface area (TPSA) is 93.6 Å². The van der Waals surface area contributed by atoms with Gasteiger partial charge in [0.25, 0.3) is 0 Å². The molecule has 142 valence electrons. The van der Waals surface area contributed by atoms with Crippen LogP contribution in [0.2, 0.25) is 5.02 Å². The molecule has 1 aromatic heterocycles. The second kappa shape index (κ2) is 7.58. The fourth-order valence-electron chi connectivity index (χ4n) is 3.03. The van der Waals surface area contributed by atoms with Crippen LogP contribution in [-0.2, 0) is 4.74 Å². The van der Waals surface area contributed by atoms with Gasteiger partial charge in [-0.25, -0.2) is 0 Å². The Morgan fingerprint density at radius 3 is 2.81 bits per heavy atom. The van der Waals surface area contributed by atoms with Crippen molar-refractivity contribution in [3.8, 4) is 0 Å². The molecule has 1 unspecified atom stereocenters. The Morgan fingerprint density at radius 1 is 1.30 bits per heavy atom. The van der Waals surface area contributed by atoms with E-state index in [1.807, 2.05) is 24.3 Å². The SMILES string of the molecule is CC1C=CC(n2nc(Nc3ccc(N4CCOCC4)cc3Cl)nc2N)=NC1. The fraction of sp³-hybridized carbons (Fsp3) is 0.389. The van der Waals surface area contributed by atoms with E-state index < -0.39 is 0 Å². The smallest absolute Gasteiger partial charge is 0.248 e. The Kier molecular flexibility index (Phi) is 5.00. The summed E-state index contributed by atoms with van der Waals surface area (Å²) in [5.74, 6) is 1.75. The molecule has 3 N–H and O–H groups in total. The number of morpholine rings is 1. The number of dihydropyridines is 1. The molecule has 0 bridgehead atoms. The van der Waals surface area contributed by atoms with Gasteiger partial charge in [0.1, 0.15) is 0 Å². The third kappa shape index (κ3) is 3.91. The largest absolute Gasteiger partial charge is 0.378 e. The summed E-state index contributed by atoms with van der Waals surface area (Å²) in [5, 5.41) is 8.14. The minimum absolute atomic E-state index is 0.275. The van der Waals surface area contributed by atoms with Gasteiger partial charge in [0.2, 0.25) is 11.9 Å². The summed E-state index contributed by atoms with van der Waals surface area (Å²) in [6.07, 6.45) is 3.99. The standard InChI is InChI=1S/C18H22ClN7O/c1-12-2-5-16(21-11-12)26-17(20)23-18(24-26)22-15-4-3-13(10-14(15)19)25-6-8-27-9-7-25/h2-5,10,12H,6-9,11H2,1H3,(H3,20,22,23,24). The zero-order valence-electron chi connectivity index (χ0n) is 15.1. The van der Waals surface area contributed by atoms with E-state index >= 15 is 0 Å². The molecule has 27 heavy (non-hydrogen) atoms. The van der Waals surface area contributed by atoms with Gasteiger partial charge >= 0.3 is 0 Å². The normalized spacial score (nSPS) is 19.9. The van der Waals surface area contributed by atoms with Gasteiger partial charge in [-0.2, -0.15) is 9.67 Å². The van der Waals surface area contributed by atoms with Crippen LogP contribution < -0.4 is 16.0 Å². The lowest BCUT2D eigenvalue weighted by atomic mass is 10.1. The van der Waals surface area contributed by atoms with E-state index in [1.165, 1.54) is 4.68 Å². The second-order valence-electron chi connectivity index (χ2n) is 6.63. The molecular formula is C18H22ClN7O. The second-order valence-corrected chi connectivity index (χ2v) is 7.04. The number of hydrogen-bond acceptors (Lipinski definition) is 7. The van der Waals surface area contributed by atoms with Crippen LogP contribution in [0.25, 0.3) is 0 Å². The number of aliphatic imine (C=N–C) groups is 1. The number of nitrogens with zero attached hydrogens (tertiary/aromatic N) is 5. The summed E-state index contributed by atoms with van der Waals surface area (Å²) in [6.45, 7) is 6.00. The molecule has 0 spiro atoms. The van der Waals surface area contributed by atoms with E-state index in [-0.39, 0.29) is 5.95 Å². The summed E-state index contributed by atoms with van der Waals surface area (Å²) in [6, 6.07) is 5.88. The van der Waals surface area contributed by atoms with Crippen LogP contribution in [0.1, 0.15) is 6.92 Å². The lowest BCUT2D eigenvalue weighted by molar-refractivity contribution is 0.122. The number of hydrogen-bond donors (Lipinski definition) is 2. The highest BCUT2D eigenvalue weighted by Gasteiger charge is 2.16. The summed E-state index contributed by atoms with van der Waals surface area (Å²) >= 11 is 6.46. The molecule has 1 aromatic carbocycles. The van der Waals surface area contributed by atoms with Crippen molar-refractivity contribution in [3.05, 3.63) is 35.4 Å². The van der Waals surface area contributed by atoms with Crippen molar-refractivity contribution in [3.63, 3.8) is 0 Å². The number of nitrogen functional groups attached to an aromatic ring is 1. The predicted molar refractivity (Wildman–Crippen MR) is 108 cm³/mol. The van der Waals surface area contributed by atoms with Crippen molar-refractivity contribution in [2.24, 2.45) is 10.9 Å². The number of nitrogens with one attached hydrogen (secondary N) is 1. The van der Waals surface area contributed by atoms with Gasteiger partial charge < -0.3 is 20.7 Å². The molecule has 1 fully saturated rings. The third-order valence-corrected chi connectivity index (χ3v) is 4.85. The Labute approximate surface area is 162 Å². The molecule has 8 nitrogen and oxygen atoms in total. The lowest BCUT2D eigenvalue weighted by Gasteiger charge is -2.29. The van der Waals surface area contributed by atoms with E-state index in [9.17, 15) is 0 Å². The monoisotopic (exact) mass is 387 g/mol. The van der Waals surface area contributed by atoms with E-state index in [1.54, 1.807) is 0 Å². The highest BCUT2D eigenvalue weighted by molar-refractivity contribution is 6.33. The van der Waals surface area contributed by atoms with Crippen LogP contribution in [0.5, 0.6) is 0 Å². The van der Waals surface area contributed by atoms with Gasteiger partial charge in [-0.1, -0.05) is 24.6 Å². The Bertz CT molecular complexity index is 886. The number of aromatic nitrogens is 3. The summed E-state index contributed by atoms with van der Waals surface area (Å²) in [7, 11) is 0. The van der Waals surface area contributed by atoms with E-state index in [0.717, 1.165) is 37.7 Å². The van der Waals surface area contributed by atoms with Crippen LogP contribution >= 0.6 is 11.6 Å². The number of allylic oxidation sites excluding steroid dienone is 1. The quantitative estimate of drug-likeness (QED) is 0.840. The van der Waals surface area contributed by atoms with Gasteiger partial charge in [0.05, 0.1) is 23.9 Å². The van der Waals surface area contributed by atoms with E-state index in [4.69, 9.17) is 22.1 Å². The molecule has 1 saturated heterocycles. The number of ether oxygens (including phenoxy) is 1. The Hall–Kier alpha value is -2.58. The van der Waals surface area contributed by atoms with Crippen molar-refractivity contribution >= 4 is 40.7 Å². The third-order valence-electron chi connectivity index (χ3n) is 4.54. The number of anilines is 4. The van der Waals surface area contributed by atoms with Crippen molar-refractivity contribution < 1.29 is 4.74 Å². The van der Waals surface area contributed by atoms with Crippen molar-refractivity contribution in [2.45, 2.75) is 6.92 Å². The van der Waals surface area contributed by atoms with Crippen LogP contribution in [0, 0.1) is 5.92 Å². The zero-order valence-corrected chi connectivity index (χ0v) is 15.9. The first-order valence-electron chi connectivity index (χ1n) is 8.95. The average Bonchev–Trinajstić information content (AvgIpc) is 3.05.